The van der Waals surface area contributed by atoms with Crippen LogP contribution in [0.3, 0.4) is 0 Å². The maximum Gasteiger partial charge on any atom is 0.249 e. The topological polar surface area (TPSA) is 78.5 Å². The molecule has 2 aliphatic heterocycles. The number of para-hydroxylation sites is 1. The zero-order valence-electron chi connectivity index (χ0n) is 16.5. The molecule has 0 bridgehead atoms. The van der Waals surface area contributed by atoms with E-state index in [1.807, 2.05) is 0 Å². The number of rotatable bonds is 5. The Morgan fingerprint density at radius 1 is 1.10 bits per heavy atom. The van der Waals surface area contributed by atoms with Crippen LogP contribution in [0.5, 0.6) is 0 Å². The highest BCUT2D eigenvalue weighted by atomic mass is 32.2. The molecule has 0 aromatic heterocycles. The second-order valence-corrected chi connectivity index (χ2v) is 8.71. The molecule has 31 heavy (non-hydrogen) atoms. The normalized spacial score (nSPS) is 23.5. The Kier molecular flexibility index (Phi) is 6.22. The van der Waals surface area contributed by atoms with Crippen molar-refractivity contribution in [1.82, 2.24) is 10.6 Å². The van der Waals surface area contributed by atoms with E-state index in [4.69, 9.17) is 0 Å². The van der Waals surface area contributed by atoms with Crippen molar-refractivity contribution in [2.75, 3.05) is 17.2 Å². The largest absolute Gasteiger partial charge is 0.343 e. The lowest BCUT2D eigenvalue weighted by atomic mass is 10.1. The first-order chi connectivity index (χ1) is 14.9. The third-order valence-corrected chi connectivity index (χ3v) is 6.73. The van der Waals surface area contributed by atoms with E-state index in [2.05, 4.69) is 10.6 Å². The summed E-state index contributed by atoms with van der Waals surface area (Å²) in [5.41, 5.74) is 0.629. The fourth-order valence-corrected chi connectivity index (χ4v) is 4.92. The molecule has 4 rings (SSSR count). The monoisotopic (exact) mass is 445 g/mol. The molecule has 3 atom stereocenters. The van der Waals surface area contributed by atoms with Crippen molar-refractivity contribution in [1.29, 1.82) is 0 Å². The summed E-state index contributed by atoms with van der Waals surface area (Å²) in [6.07, 6.45) is 0.582. The lowest BCUT2D eigenvalue weighted by Gasteiger charge is -2.29. The van der Waals surface area contributed by atoms with Gasteiger partial charge in [0.15, 0.2) is 0 Å². The Bertz CT molecular complexity index is 1020. The van der Waals surface area contributed by atoms with Crippen LogP contribution in [-0.4, -0.2) is 47.4 Å². The second kappa shape index (κ2) is 9.05. The molecule has 6 nitrogen and oxygen atoms in total. The summed E-state index contributed by atoms with van der Waals surface area (Å²) >= 11 is 1.28. The van der Waals surface area contributed by atoms with E-state index in [-0.39, 0.29) is 29.7 Å². The number of carbonyl (C=O) groups is 3. The van der Waals surface area contributed by atoms with Gasteiger partial charge in [-0.25, -0.2) is 8.78 Å². The summed E-state index contributed by atoms with van der Waals surface area (Å²) in [6.45, 7) is 0.293. The van der Waals surface area contributed by atoms with E-state index in [1.54, 1.807) is 30.3 Å². The maximum atomic E-state index is 14.0. The van der Waals surface area contributed by atoms with E-state index >= 15 is 0 Å². The van der Waals surface area contributed by atoms with E-state index in [9.17, 15) is 23.2 Å². The van der Waals surface area contributed by atoms with Gasteiger partial charge in [0.1, 0.15) is 23.7 Å². The molecule has 2 aliphatic rings. The predicted molar refractivity (Wildman–Crippen MR) is 114 cm³/mol. The number of nitrogens with zero attached hydrogens (tertiary/aromatic N) is 1. The molecule has 2 aromatic rings. The smallest absolute Gasteiger partial charge is 0.249 e. The van der Waals surface area contributed by atoms with E-state index in [0.29, 0.717) is 24.3 Å². The number of amides is 3. The van der Waals surface area contributed by atoms with Crippen molar-refractivity contribution >= 4 is 35.2 Å². The molecule has 0 spiro atoms. The molecule has 9 heteroatoms. The number of benzene rings is 2. The molecule has 2 fully saturated rings. The summed E-state index contributed by atoms with van der Waals surface area (Å²) in [5.74, 6) is -1.74. The molecule has 0 aliphatic carbocycles. The summed E-state index contributed by atoms with van der Waals surface area (Å²) in [4.78, 5) is 39.0. The average Bonchev–Trinajstić information content (AvgIpc) is 3.11. The Morgan fingerprint density at radius 3 is 2.52 bits per heavy atom. The minimum atomic E-state index is -0.787. The van der Waals surface area contributed by atoms with Crippen LogP contribution >= 0.6 is 11.8 Å². The van der Waals surface area contributed by atoms with E-state index in [0.717, 1.165) is 0 Å². The third-order valence-electron chi connectivity index (χ3n) is 5.42. The third kappa shape index (κ3) is 4.56. The Balaban J connectivity index is 1.33. The minimum Gasteiger partial charge on any atom is -0.343 e. The molecule has 2 heterocycles. The molecule has 162 valence electrons. The van der Waals surface area contributed by atoms with Crippen LogP contribution in [-0.2, 0) is 20.8 Å². The number of hydrogen-bond acceptors (Lipinski definition) is 4. The molecule has 0 unspecified atom stereocenters. The van der Waals surface area contributed by atoms with Gasteiger partial charge in [-0.2, -0.15) is 0 Å². The van der Waals surface area contributed by atoms with Crippen LogP contribution in [0.1, 0.15) is 12.0 Å². The van der Waals surface area contributed by atoms with Crippen molar-refractivity contribution in [3.8, 4) is 0 Å². The Morgan fingerprint density at radius 2 is 1.81 bits per heavy atom. The van der Waals surface area contributed by atoms with Gasteiger partial charge in [-0.1, -0.05) is 30.3 Å². The predicted octanol–water partition coefficient (Wildman–Crippen LogP) is 2.03. The molecule has 2 aromatic carbocycles. The number of anilines is 1. The van der Waals surface area contributed by atoms with Gasteiger partial charge < -0.3 is 15.5 Å². The lowest BCUT2D eigenvalue weighted by Crippen LogP contribution is -2.56. The number of carbonyl (C=O) groups excluding carboxylic acids is 3. The van der Waals surface area contributed by atoms with Gasteiger partial charge in [0, 0.05) is 12.3 Å². The first-order valence-corrected chi connectivity index (χ1v) is 11.0. The lowest BCUT2D eigenvalue weighted by molar-refractivity contribution is -0.130. The Hall–Kier alpha value is -2.94. The van der Waals surface area contributed by atoms with Gasteiger partial charge in [-0.05, 0) is 36.6 Å². The molecule has 3 amide bonds. The minimum absolute atomic E-state index is 0.182. The average molecular weight is 445 g/mol. The first-order valence-electron chi connectivity index (χ1n) is 9.95. The summed E-state index contributed by atoms with van der Waals surface area (Å²) in [7, 11) is 0. The van der Waals surface area contributed by atoms with Crippen LogP contribution in [0.15, 0.2) is 48.5 Å². The van der Waals surface area contributed by atoms with E-state index < -0.39 is 29.1 Å². The number of thioether (sulfide) groups is 1. The zero-order chi connectivity index (χ0) is 22.0. The molecular weight excluding hydrogens is 424 g/mol. The Labute approximate surface area is 182 Å². The summed E-state index contributed by atoms with van der Waals surface area (Å²) in [5, 5.41) is 4.84. The van der Waals surface area contributed by atoms with Crippen LogP contribution < -0.4 is 15.5 Å². The number of nitrogens with one attached hydrogen (secondary N) is 2. The van der Waals surface area contributed by atoms with Crippen LogP contribution in [0.25, 0.3) is 0 Å². The van der Waals surface area contributed by atoms with Crippen LogP contribution in [0, 0.1) is 11.6 Å². The fraction of sp³-hybridized carbons (Fsp3) is 0.318. The molecular formula is C22H21F2N3O3S. The highest BCUT2D eigenvalue weighted by molar-refractivity contribution is 8.00. The van der Waals surface area contributed by atoms with Crippen molar-refractivity contribution < 1.29 is 23.2 Å². The van der Waals surface area contributed by atoms with Crippen molar-refractivity contribution in [3.63, 3.8) is 0 Å². The highest BCUT2D eigenvalue weighted by Crippen LogP contribution is 2.26. The summed E-state index contributed by atoms with van der Waals surface area (Å²) in [6, 6.07) is 10.7. The van der Waals surface area contributed by atoms with Gasteiger partial charge in [-0.15, -0.1) is 11.8 Å². The van der Waals surface area contributed by atoms with Crippen molar-refractivity contribution in [3.05, 3.63) is 65.7 Å². The van der Waals surface area contributed by atoms with Crippen molar-refractivity contribution in [2.24, 2.45) is 0 Å². The second-order valence-electron chi connectivity index (χ2n) is 7.47. The molecule has 2 N–H and O–H groups in total. The van der Waals surface area contributed by atoms with Gasteiger partial charge in [0.2, 0.25) is 17.7 Å². The van der Waals surface area contributed by atoms with Gasteiger partial charge in [-0.3, -0.25) is 14.4 Å². The number of hydrogen-bond donors (Lipinski definition) is 2. The zero-order valence-corrected chi connectivity index (χ0v) is 17.3. The quantitative estimate of drug-likeness (QED) is 0.738. The fourth-order valence-electron chi connectivity index (χ4n) is 3.75. The van der Waals surface area contributed by atoms with Crippen LogP contribution in [0.4, 0.5) is 14.5 Å². The number of halogens is 2. The molecule has 0 saturated carbocycles. The first kappa shape index (κ1) is 21.3. The van der Waals surface area contributed by atoms with E-state index in [1.165, 1.54) is 34.9 Å². The molecule has 0 radical (unpaired) electrons. The molecule has 2 saturated heterocycles. The van der Waals surface area contributed by atoms with Gasteiger partial charge >= 0.3 is 0 Å². The van der Waals surface area contributed by atoms with Gasteiger partial charge in [0.05, 0.1) is 10.9 Å². The van der Waals surface area contributed by atoms with Crippen LogP contribution in [0.2, 0.25) is 0 Å². The maximum absolute atomic E-state index is 14.0. The SMILES string of the molecule is O=C1N[C@@H](C(=O)N[C@@H]2CCN(c3ccccc3F)C2=O)CS[C@H]1Cc1ccccc1F. The highest BCUT2D eigenvalue weighted by Gasteiger charge is 2.38. The summed E-state index contributed by atoms with van der Waals surface area (Å²) < 4.78 is 27.9. The van der Waals surface area contributed by atoms with Gasteiger partial charge in [0.25, 0.3) is 0 Å². The standard InChI is InChI=1S/C22H21F2N3O3S/c23-14-6-2-1-5-13(14)11-19-21(29)26-17(12-31-19)20(28)25-16-9-10-27(22(16)30)18-8-4-3-7-15(18)24/h1-8,16-17,19H,9-12H2,(H,25,28)(H,26,29)/t16-,17-,19+/m1/s1. The van der Waals surface area contributed by atoms with Crippen molar-refractivity contribution in [2.45, 2.75) is 30.2 Å².